The van der Waals surface area contributed by atoms with Gasteiger partial charge in [0.15, 0.2) is 6.10 Å². The maximum Gasteiger partial charge on any atom is 0.332 e. The van der Waals surface area contributed by atoms with Gasteiger partial charge in [-0.15, -0.1) is 0 Å². The predicted molar refractivity (Wildman–Crippen MR) is 63.7 cm³/mol. The second kappa shape index (κ2) is 7.89. The molecule has 0 radical (unpaired) electrons. The van der Waals surface area contributed by atoms with Gasteiger partial charge in [-0.2, -0.15) is 0 Å². The largest absolute Gasteiger partial charge is 0.479 e. The molecule has 0 bridgehead atoms. The van der Waals surface area contributed by atoms with Crippen LogP contribution in [-0.2, 0) is 4.79 Å². The minimum absolute atomic E-state index is 0.00130. The van der Waals surface area contributed by atoms with Crippen LogP contribution in [0.15, 0.2) is 0 Å². The van der Waals surface area contributed by atoms with Gasteiger partial charge in [0, 0.05) is 19.0 Å². The van der Waals surface area contributed by atoms with E-state index in [1.807, 2.05) is 6.92 Å². The lowest BCUT2D eigenvalue weighted by atomic mass is 10.1. The molecule has 0 saturated heterocycles. The highest BCUT2D eigenvalue weighted by molar-refractivity contribution is 5.74. The number of hydrogen-bond donors (Lipinski definition) is 4. The summed E-state index contributed by atoms with van der Waals surface area (Å²) >= 11 is 0. The Hall–Kier alpha value is -1.30. The first-order valence-electron chi connectivity index (χ1n) is 5.78. The molecule has 0 saturated carbocycles. The smallest absolute Gasteiger partial charge is 0.332 e. The van der Waals surface area contributed by atoms with Crippen molar-refractivity contribution < 1.29 is 19.8 Å². The fraction of sp³-hybridized carbons (Fsp3) is 0.818. The summed E-state index contributed by atoms with van der Waals surface area (Å²) in [5.74, 6) is -0.778. The lowest BCUT2D eigenvalue weighted by molar-refractivity contribution is -0.146. The number of carbonyl (C=O) groups excluding carboxylic acids is 1. The Bertz CT molecular complexity index is 256. The zero-order chi connectivity index (χ0) is 13.4. The number of rotatable bonds is 7. The first-order chi connectivity index (χ1) is 7.82. The third kappa shape index (κ3) is 8.50. The van der Waals surface area contributed by atoms with E-state index in [4.69, 9.17) is 10.2 Å². The standard InChI is InChI=1S/C11H22N2O4/c1-7(2)6-8(3)13-11(17)12-5-4-9(14)10(15)16/h7-9,14H,4-6H2,1-3H3,(H,15,16)(H2,12,13,17). The van der Waals surface area contributed by atoms with Crippen molar-refractivity contribution in [3.05, 3.63) is 0 Å². The Balaban J connectivity index is 3.69. The van der Waals surface area contributed by atoms with Crippen molar-refractivity contribution in [3.63, 3.8) is 0 Å². The van der Waals surface area contributed by atoms with E-state index in [0.29, 0.717) is 5.92 Å². The predicted octanol–water partition coefficient (Wildman–Crippen LogP) is 0.556. The van der Waals surface area contributed by atoms with Gasteiger partial charge in [-0.05, 0) is 19.3 Å². The molecule has 0 spiro atoms. The van der Waals surface area contributed by atoms with Gasteiger partial charge < -0.3 is 20.8 Å². The molecule has 0 aliphatic rings. The topological polar surface area (TPSA) is 98.7 Å². The molecule has 4 N–H and O–H groups in total. The number of nitrogens with one attached hydrogen (secondary N) is 2. The highest BCUT2D eigenvalue weighted by atomic mass is 16.4. The molecule has 0 fully saturated rings. The molecule has 100 valence electrons. The van der Waals surface area contributed by atoms with Crippen LogP contribution in [0.1, 0.15) is 33.6 Å². The number of carboxylic acids is 1. The number of aliphatic hydroxyl groups excluding tert-OH is 1. The Kier molecular flexibility index (Phi) is 7.29. The highest BCUT2D eigenvalue weighted by Gasteiger charge is 2.13. The molecule has 2 unspecified atom stereocenters. The second-order valence-corrected chi connectivity index (χ2v) is 4.57. The van der Waals surface area contributed by atoms with Crippen molar-refractivity contribution in [3.8, 4) is 0 Å². The Labute approximate surface area is 101 Å². The number of urea groups is 1. The number of aliphatic hydroxyl groups is 1. The zero-order valence-electron chi connectivity index (χ0n) is 10.6. The minimum Gasteiger partial charge on any atom is -0.479 e. The van der Waals surface area contributed by atoms with Crippen LogP contribution in [0.2, 0.25) is 0 Å². The first kappa shape index (κ1) is 15.7. The van der Waals surface area contributed by atoms with Gasteiger partial charge in [-0.3, -0.25) is 0 Å². The van der Waals surface area contributed by atoms with Gasteiger partial charge in [-0.25, -0.2) is 9.59 Å². The minimum atomic E-state index is -1.43. The molecule has 0 aromatic rings. The summed E-state index contributed by atoms with van der Waals surface area (Å²) in [5, 5.41) is 22.6. The zero-order valence-corrected chi connectivity index (χ0v) is 10.6. The number of carbonyl (C=O) groups is 2. The quantitative estimate of drug-likeness (QED) is 0.527. The molecular formula is C11H22N2O4. The summed E-state index contributed by atoms with van der Waals surface area (Å²) < 4.78 is 0. The molecule has 6 nitrogen and oxygen atoms in total. The van der Waals surface area contributed by atoms with E-state index in [0.717, 1.165) is 6.42 Å². The van der Waals surface area contributed by atoms with Crippen LogP contribution in [0.4, 0.5) is 4.79 Å². The van der Waals surface area contributed by atoms with Crippen LogP contribution in [0, 0.1) is 5.92 Å². The summed E-state index contributed by atoms with van der Waals surface area (Å²) in [4.78, 5) is 21.6. The molecule has 2 amide bonds. The summed E-state index contributed by atoms with van der Waals surface area (Å²) in [6.07, 6.45) is -0.546. The van der Waals surface area contributed by atoms with E-state index in [2.05, 4.69) is 24.5 Å². The van der Waals surface area contributed by atoms with Crippen LogP contribution in [-0.4, -0.2) is 40.9 Å². The fourth-order valence-electron chi connectivity index (χ4n) is 1.49. The summed E-state index contributed by atoms with van der Waals surface area (Å²) in [5.41, 5.74) is 0. The van der Waals surface area contributed by atoms with E-state index in [9.17, 15) is 9.59 Å². The molecule has 17 heavy (non-hydrogen) atoms. The third-order valence-corrected chi connectivity index (χ3v) is 2.19. The van der Waals surface area contributed by atoms with E-state index in [1.54, 1.807) is 0 Å². The number of aliphatic carboxylic acids is 1. The maximum atomic E-state index is 11.3. The molecule has 0 aliphatic heterocycles. The molecule has 2 atom stereocenters. The lowest BCUT2D eigenvalue weighted by Gasteiger charge is -2.16. The van der Waals surface area contributed by atoms with E-state index in [-0.39, 0.29) is 25.0 Å². The lowest BCUT2D eigenvalue weighted by Crippen LogP contribution is -2.42. The van der Waals surface area contributed by atoms with Crippen molar-refractivity contribution >= 4 is 12.0 Å². The average molecular weight is 246 g/mol. The molecule has 0 aliphatic carbocycles. The SMILES string of the molecule is CC(C)CC(C)NC(=O)NCCC(O)C(=O)O. The number of amides is 2. The van der Waals surface area contributed by atoms with Crippen molar-refractivity contribution in [2.24, 2.45) is 5.92 Å². The van der Waals surface area contributed by atoms with Crippen LogP contribution in [0.3, 0.4) is 0 Å². The van der Waals surface area contributed by atoms with Crippen molar-refractivity contribution in [2.45, 2.75) is 45.8 Å². The monoisotopic (exact) mass is 246 g/mol. The third-order valence-electron chi connectivity index (χ3n) is 2.19. The molecule has 0 aromatic heterocycles. The van der Waals surface area contributed by atoms with E-state index >= 15 is 0 Å². The number of hydrogen-bond acceptors (Lipinski definition) is 3. The van der Waals surface area contributed by atoms with Crippen molar-refractivity contribution in [2.75, 3.05) is 6.54 Å². The first-order valence-corrected chi connectivity index (χ1v) is 5.78. The van der Waals surface area contributed by atoms with Gasteiger partial charge >= 0.3 is 12.0 Å². The van der Waals surface area contributed by atoms with Gasteiger partial charge in [-0.1, -0.05) is 13.8 Å². The second-order valence-electron chi connectivity index (χ2n) is 4.57. The van der Waals surface area contributed by atoms with Crippen LogP contribution >= 0.6 is 0 Å². The van der Waals surface area contributed by atoms with Crippen LogP contribution in [0.5, 0.6) is 0 Å². The Morgan fingerprint density at radius 2 is 1.82 bits per heavy atom. The van der Waals surface area contributed by atoms with Crippen molar-refractivity contribution in [1.82, 2.24) is 10.6 Å². The van der Waals surface area contributed by atoms with Gasteiger partial charge in [0.1, 0.15) is 0 Å². The normalized spacial score (nSPS) is 14.2. The van der Waals surface area contributed by atoms with Crippen LogP contribution in [0.25, 0.3) is 0 Å². The molecule has 0 heterocycles. The maximum absolute atomic E-state index is 11.3. The molecule has 0 rings (SSSR count). The van der Waals surface area contributed by atoms with E-state index in [1.165, 1.54) is 0 Å². The highest BCUT2D eigenvalue weighted by Crippen LogP contribution is 2.03. The molecule has 0 aromatic carbocycles. The average Bonchev–Trinajstić information content (AvgIpc) is 2.15. The Morgan fingerprint density at radius 1 is 1.24 bits per heavy atom. The van der Waals surface area contributed by atoms with Gasteiger partial charge in [0.05, 0.1) is 0 Å². The van der Waals surface area contributed by atoms with Gasteiger partial charge in [0.25, 0.3) is 0 Å². The van der Waals surface area contributed by atoms with Crippen molar-refractivity contribution in [1.29, 1.82) is 0 Å². The molecular weight excluding hydrogens is 224 g/mol. The summed E-state index contributed by atoms with van der Waals surface area (Å²) in [6.45, 7) is 6.18. The summed E-state index contributed by atoms with van der Waals surface area (Å²) in [7, 11) is 0. The molecule has 6 heteroatoms. The number of carboxylic acid groups (broad SMARTS) is 1. The van der Waals surface area contributed by atoms with Crippen LogP contribution < -0.4 is 10.6 Å². The fourth-order valence-corrected chi connectivity index (χ4v) is 1.49. The Morgan fingerprint density at radius 3 is 2.29 bits per heavy atom. The van der Waals surface area contributed by atoms with Gasteiger partial charge in [0.2, 0.25) is 0 Å². The van der Waals surface area contributed by atoms with E-state index < -0.39 is 12.1 Å². The summed E-state index contributed by atoms with van der Waals surface area (Å²) in [6, 6.07) is -0.268.